The highest BCUT2D eigenvalue weighted by molar-refractivity contribution is 5.81. The molecule has 0 aliphatic heterocycles. The summed E-state index contributed by atoms with van der Waals surface area (Å²) >= 11 is 0. The fourth-order valence-corrected chi connectivity index (χ4v) is 2.28. The topological polar surface area (TPSA) is 38.1 Å². The number of aliphatic hydroxyl groups is 1. The molecule has 0 amide bonds. The lowest BCUT2D eigenvalue weighted by molar-refractivity contribution is 0.174. The van der Waals surface area contributed by atoms with Gasteiger partial charge in [0.15, 0.2) is 0 Å². The number of fused-ring (bicyclic) bond motifs is 1. The molecule has 0 aliphatic rings. The number of halogens is 1. The molecule has 0 spiro atoms. The summed E-state index contributed by atoms with van der Waals surface area (Å²) in [6.45, 7) is 1.94. The summed E-state index contributed by atoms with van der Waals surface area (Å²) in [4.78, 5) is 0. The minimum atomic E-state index is -0.450. The third-order valence-electron chi connectivity index (χ3n) is 3.43. The zero-order chi connectivity index (χ0) is 14.1. The molecule has 4 heteroatoms. The summed E-state index contributed by atoms with van der Waals surface area (Å²) in [5.41, 5.74) is 2.63. The van der Waals surface area contributed by atoms with E-state index in [1.807, 2.05) is 25.1 Å². The Morgan fingerprint density at radius 1 is 1.20 bits per heavy atom. The van der Waals surface area contributed by atoms with Gasteiger partial charge >= 0.3 is 0 Å². The van der Waals surface area contributed by atoms with Gasteiger partial charge in [-0.15, -0.1) is 0 Å². The average Bonchev–Trinajstić information content (AvgIpc) is 2.90. The van der Waals surface area contributed by atoms with Crippen LogP contribution in [0.15, 0.2) is 48.7 Å². The summed E-state index contributed by atoms with van der Waals surface area (Å²) in [5.74, 6) is -0.265. The van der Waals surface area contributed by atoms with Crippen LogP contribution in [0.5, 0.6) is 0 Å². The van der Waals surface area contributed by atoms with Gasteiger partial charge < -0.3 is 5.11 Å². The van der Waals surface area contributed by atoms with Crippen molar-refractivity contribution in [2.24, 2.45) is 0 Å². The molecule has 102 valence electrons. The predicted molar refractivity (Wildman–Crippen MR) is 76.3 cm³/mol. The molecule has 3 aromatic rings. The molecule has 0 radical (unpaired) electrons. The SMILES string of the molecule is CCC(O)c1ccc2c(cnn2-c2ccc(F)cc2)c1. The second kappa shape index (κ2) is 5.06. The smallest absolute Gasteiger partial charge is 0.123 e. The summed E-state index contributed by atoms with van der Waals surface area (Å²) < 4.78 is 14.7. The molecule has 0 saturated heterocycles. The van der Waals surface area contributed by atoms with E-state index in [9.17, 15) is 9.50 Å². The lowest BCUT2D eigenvalue weighted by Crippen LogP contribution is -1.97. The van der Waals surface area contributed by atoms with Crippen LogP contribution >= 0.6 is 0 Å². The van der Waals surface area contributed by atoms with E-state index in [-0.39, 0.29) is 5.82 Å². The van der Waals surface area contributed by atoms with E-state index in [0.29, 0.717) is 6.42 Å². The van der Waals surface area contributed by atoms with Crippen molar-refractivity contribution in [3.63, 3.8) is 0 Å². The van der Waals surface area contributed by atoms with Crippen LogP contribution in [-0.2, 0) is 0 Å². The van der Waals surface area contributed by atoms with E-state index < -0.39 is 6.10 Å². The van der Waals surface area contributed by atoms with E-state index in [0.717, 1.165) is 22.2 Å². The summed E-state index contributed by atoms with van der Waals surface area (Å²) in [7, 11) is 0. The first kappa shape index (κ1) is 12.8. The molecule has 2 aromatic carbocycles. The Morgan fingerprint density at radius 3 is 2.65 bits per heavy atom. The normalized spacial score (nSPS) is 12.8. The van der Waals surface area contributed by atoms with Crippen LogP contribution in [0, 0.1) is 5.82 Å². The Kier molecular flexibility index (Phi) is 3.24. The highest BCUT2D eigenvalue weighted by Crippen LogP contribution is 2.24. The molecular formula is C16H15FN2O. The fourth-order valence-electron chi connectivity index (χ4n) is 2.28. The maximum absolute atomic E-state index is 13.0. The molecule has 20 heavy (non-hydrogen) atoms. The number of nitrogens with zero attached hydrogens (tertiary/aromatic N) is 2. The predicted octanol–water partition coefficient (Wildman–Crippen LogP) is 3.61. The first-order valence-corrected chi connectivity index (χ1v) is 6.60. The molecule has 1 atom stereocenters. The molecule has 3 nitrogen and oxygen atoms in total. The molecule has 1 heterocycles. The number of benzene rings is 2. The summed E-state index contributed by atoms with van der Waals surface area (Å²) in [5, 5.41) is 15.2. The highest BCUT2D eigenvalue weighted by Gasteiger charge is 2.09. The van der Waals surface area contributed by atoms with Crippen molar-refractivity contribution < 1.29 is 9.50 Å². The Hall–Kier alpha value is -2.20. The Balaban J connectivity index is 2.08. The van der Waals surface area contributed by atoms with E-state index in [4.69, 9.17) is 0 Å². The van der Waals surface area contributed by atoms with Gasteiger partial charge in [0, 0.05) is 5.39 Å². The van der Waals surface area contributed by atoms with Crippen molar-refractivity contribution >= 4 is 10.9 Å². The quantitative estimate of drug-likeness (QED) is 0.789. The molecule has 0 saturated carbocycles. The van der Waals surface area contributed by atoms with Crippen LogP contribution < -0.4 is 0 Å². The van der Waals surface area contributed by atoms with Crippen LogP contribution in [0.25, 0.3) is 16.6 Å². The van der Waals surface area contributed by atoms with Crippen LogP contribution in [0.1, 0.15) is 25.0 Å². The second-order valence-electron chi connectivity index (χ2n) is 4.78. The standard InChI is InChI=1S/C16H15FN2O/c1-2-16(20)11-3-8-15-12(9-11)10-18-19(15)14-6-4-13(17)5-7-14/h3-10,16,20H,2H2,1H3. The minimum absolute atomic E-state index is 0.265. The summed E-state index contributed by atoms with van der Waals surface area (Å²) in [6.07, 6.45) is 1.98. The van der Waals surface area contributed by atoms with Gasteiger partial charge in [-0.2, -0.15) is 5.10 Å². The zero-order valence-corrected chi connectivity index (χ0v) is 11.1. The van der Waals surface area contributed by atoms with Gasteiger partial charge in [-0.05, 0) is 48.4 Å². The van der Waals surface area contributed by atoms with Crippen molar-refractivity contribution in [2.75, 3.05) is 0 Å². The van der Waals surface area contributed by atoms with E-state index >= 15 is 0 Å². The monoisotopic (exact) mass is 270 g/mol. The molecule has 1 aromatic heterocycles. The third-order valence-corrected chi connectivity index (χ3v) is 3.43. The lowest BCUT2D eigenvalue weighted by Gasteiger charge is -2.08. The van der Waals surface area contributed by atoms with E-state index in [2.05, 4.69) is 5.10 Å². The molecule has 1 unspecified atom stereocenters. The number of aliphatic hydroxyl groups excluding tert-OH is 1. The largest absolute Gasteiger partial charge is 0.388 e. The van der Waals surface area contributed by atoms with Crippen LogP contribution in [-0.4, -0.2) is 14.9 Å². The maximum Gasteiger partial charge on any atom is 0.123 e. The molecule has 0 bridgehead atoms. The van der Waals surface area contributed by atoms with Gasteiger partial charge in [-0.3, -0.25) is 0 Å². The van der Waals surface area contributed by atoms with Gasteiger partial charge in [0.25, 0.3) is 0 Å². The Morgan fingerprint density at radius 2 is 1.95 bits per heavy atom. The molecule has 3 rings (SSSR count). The minimum Gasteiger partial charge on any atom is -0.388 e. The van der Waals surface area contributed by atoms with E-state index in [1.54, 1.807) is 23.0 Å². The number of aromatic nitrogens is 2. The van der Waals surface area contributed by atoms with Crippen LogP contribution in [0.3, 0.4) is 0 Å². The van der Waals surface area contributed by atoms with Crippen molar-refractivity contribution in [1.29, 1.82) is 0 Å². The van der Waals surface area contributed by atoms with Crippen molar-refractivity contribution in [3.8, 4) is 5.69 Å². The van der Waals surface area contributed by atoms with Gasteiger partial charge in [0.2, 0.25) is 0 Å². The summed E-state index contributed by atoms with van der Waals surface area (Å²) in [6, 6.07) is 12.0. The van der Waals surface area contributed by atoms with Gasteiger partial charge in [0.1, 0.15) is 5.82 Å². The van der Waals surface area contributed by atoms with Gasteiger partial charge in [-0.1, -0.05) is 13.0 Å². The van der Waals surface area contributed by atoms with Crippen molar-refractivity contribution in [3.05, 3.63) is 60.0 Å². The second-order valence-corrected chi connectivity index (χ2v) is 4.78. The molecule has 1 N–H and O–H groups in total. The Bertz CT molecular complexity index is 734. The maximum atomic E-state index is 13.0. The van der Waals surface area contributed by atoms with E-state index in [1.165, 1.54) is 12.1 Å². The highest BCUT2D eigenvalue weighted by atomic mass is 19.1. The first-order chi connectivity index (χ1) is 9.69. The molecule has 0 fully saturated rings. The fraction of sp³-hybridized carbons (Fsp3) is 0.188. The first-order valence-electron chi connectivity index (χ1n) is 6.60. The number of hydrogen-bond acceptors (Lipinski definition) is 2. The lowest BCUT2D eigenvalue weighted by atomic mass is 10.1. The zero-order valence-electron chi connectivity index (χ0n) is 11.1. The molecule has 0 aliphatic carbocycles. The Labute approximate surface area is 116 Å². The van der Waals surface area contributed by atoms with Gasteiger partial charge in [0.05, 0.1) is 23.5 Å². The molecular weight excluding hydrogens is 255 g/mol. The van der Waals surface area contributed by atoms with Crippen molar-refractivity contribution in [2.45, 2.75) is 19.4 Å². The average molecular weight is 270 g/mol. The third kappa shape index (κ3) is 2.18. The van der Waals surface area contributed by atoms with Crippen LogP contribution in [0.2, 0.25) is 0 Å². The number of rotatable bonds is 3. The van der Waals surface area contributed by atoms with Crippen LogP contribution in [0.4, 0.5) is 4.39 Å². The van der Waals surface area contributed by atoms with Gasteiger partial charge in [-0.25, -0.2) is 9.07 Å². The number of hydrogen-bond donors (Lipinski definition) is 1. The van der Waals surface area contributed by atoms with Crippen molar-refractivity contribution in [1.82, 2.24) is 9.78 Å².